The number of anilines is 1. The van der Waals surface area contributed by atoms with Crippen molar-refractivity contribution in [2.45, 2.75) is 39.3 Å². The minimum atomic E-state index is -3.83. The largest absolute Gasteiger partial charge is 0.354 e. The Morgan fingerprint density at radius 1 is 1.00 bits per heavy atom. The highest BCUT2D eigenvalue weighted by molar-refractivity contribution is 9.10. The molecule has 39 heavy (non-hydrogen) atoms. The van der Waals surface area contributed by atoms with E-state index in [1.54, 1.807) is 36.4 Å². The van der Waals surface area contributed by atoms with Crippen LogP contribution in [0.3, 0.4) is 0 Å². The van der Waals surface area contributed by atoms with Crippen LogP contribution < -0.4 is 9.62 Å². The van der Waals surface area contributed by atoms with Crippen molar-refractivity contribution in [3.05, 3.63) is 99.0 Å². The fourth-order valence-electron chi connectivity index (χ4n) is 4.15. The molecule has 0 aromatic heterocycles. The maximum atomic E-state index is 14.0. The van der Waals surface area contributed by atoms with Gasteiger partial charge in [0.15, 0.2) is 0 Å². The lowest BCUT2D eigenvalue weighted by molar-refractivity contribution is -0.140. The molecule has 1 N–H and O–H groups in total. The Morgan fingerprint density at radius 3 is 2.31 bits per heavy atom. The molecule has 0 aliphatic carbocycles. The Hall–Kier alpha value is -2.88. The molecule has 2 amide bonds. The Labute approximate surface area is 244 Å². The van der Waals surface area contributed by atoms with Gasteiger partial charge in [0, 0.05) is 29.0 Å². The van der Waals surface area contributed by atoms with Crippen molar-refractivity contribution >= 4 is 55.1 Å². The fraction of sp³-hybridized carbons (Fsp3) is 0.310. The summed E-state index contributed by atoms with van der Waals surface area (Å²) >= 11 is 9.66. The maximum absolute atomic E-state index is 14.0. The number of sulfonamides is 1. The normalized spacial score (nSPS) is 12.0. The van der Waals surface area contributed by atoms with E-state index >= 15 is 0 Å². The molecule has 1 atom stereocenters. The topological polar surface area (TPSA) is 86.8 Å². The minimum absolute atomic E-state index is 0.0768. The van der Waals surface area contributed by atoms with E-state index in [4.69, 9.17) is 11.6 Å². The molecule has 0 fully saturated rings. The van der Waals surface area contributed by atoms with E-state index in [0.717, 1.165) is 38.1 Å². The van der Waals surface area contributed by atoms with Gasteiger partial charge in [-0.15, -0.1) is 0 Å². The molecule has 0 aliphatic rings. The number of aryl methyl sites for hydroxylation is 1. The molecule has 10 heteroatoms. The van der Waals surface area contributed by atoms with Crippen LogP contribution in [0.25, 0.3) is 0 Å². The summed E-state index contributed by atoms with van der Waals surface area (Å²) in [7, 11) is -3.83. The predicted octanol–water partition coefficient (Wildman–Crippen LogP) is 5.34. The lowest BCUT2D eigenvalue weighted by Crippen LogP contribution is -2.53. The summed E-state index contributed by atoms with van der Waals surface area (Å²) in [5.74, 6) is -0.810. The van der Waals surface area contributed by atoms with Crippen LogP contribution >= 0.6 is 27.5 Å². The summed E-state index contributed by atoms with van der Waals surface area (Å²) < 4.78 is 27.6. The zero-order valence-electron chi connectivity index (χ0n) is 22.2. The molecule has 3 rings (SSSR count). The second-order valence-electron chi connectivity index (χ2n) is 9.35. The summed E-state index contributed by atoms with van der Waals surface area (Å²) in [6, 6.07) is 20.7. The number of amides is 2. The molecule has 0 spiro atoms. The van der Waals surface area contributed by atoms with Gasteiger partial charge in [0.25, 0.3) is 0 Å². The predicted molar refractivity (Wildman–Crippen MR) is 160 cm³/mol. The van der Waals surface area contributed by atoms with Crippen LogP contribution in [0.2, 0.25) is 5.02 Å². The second kappa shape index (κ2) is 14.0. The molecule has 3 aromatic rings. The quantitative estimate of drug-likeness (QED) is 0.291. The molecule has 0 heterocycles. The Morgan fingerprint density at radius 2 is 1.69 bits per heavy atom. The van der Waals surface area contributed by atoms with Crippen molar-refractivity contribution in [3.8, 4) is 0 Å². The number of halogens is 2. The monoisotopic (exact) mass is 633 g/mol. The van der Waals surface area contributed by atoms with Crippen LogP contribution in [0, 0.1) is 6.92 Å². The highest BCUT2D eigenvalue weighted by Crippen LogP contribution is 2.25. The van der Waals surface area contributed by atoms with Gasteiger partial charge in [-0.05, 0) is 60.4 Å². The lowest BCUT2D eigenvalue weighted by Gasteiger charge is -2.33. The number of nitrogens with one attached hydrogen (secondary N) is 1. The van der Waals surface area contributed by atoms with E-state index < -0.39 is 28.5 Å². The Kier molecular flexibility index (Phi) is 11.0. The van der Waals surface area contributed by atoms with Crippen molar-refractivity contribution in [1.82, 2.24) is 10.2 Å². The minimum Gasteiger partial charge on any atom is -0.354 e. The van der Waals surface area contributed by atoms with Crippen LogP contribution in [0.4, 0.5) is 5.69 Å². The van der Waals surface area contributed by atoms with Crippen molar-refractivity contribution in [2.75, 3.05) is 23.7 Å². The number of carbonyl (C=O) groups excluding carboxylic acids is 2. The van der Waals surface area contributed by atoms with E-state index in [0.29, 0.717) is 17.3 Å². The number of hydrogen-bond donors (Lipinski definition) is 1. The molecule has 208 valence electrons. The van der Waals surface area contributed by atoms with Gasteiger partial charge < -0.3 is 10.2 Å². The van der Waals surface area contributed by atoms with Gasteiger partial charge in [0.2, 0.25) is 21.8 Å². The summed E-state index contributed by atoms with van der Waals surface area (Å²) in [6.45, 7) is 3.86. The third-order valence-corrected chi connectivity index (χ3v) is 8.44. The van der Waals surface area contributed by atoms with E-state index in [1.165, 1.54) is 4.90 Å². The summed E-state index contributed by atoms with van der Waals surface area (Å²) in [4.78, 5) is 29.0. The molecule has 0 unspecified atom stereocenters. The van der Waals surface area contributed by atoms with E-state index in [1.807, 2.05) is 50.2 Å². The van der Waals surface area contributed by atoms with E-state index in [9.17, 15) is 18.0 Å². The van der Waals surface area contributed by atoms with Crippen LogP contribution in [0.5, 0.6) is 0 Å². The average molecular weight is 635 g/mol. The Balaban J connectivity index is 2.05. The Bertz CT molecular complexity index is 1400. The van der Waals surface area contributed by atoms with Crippen LogP contribution in [0.15, 0.2) is 77.3 Å². The van der Waals surface area contributed by atoms with Gasteiger partial charge in [0.05, 0.1) is 11.9 Å². The smallest absolute Gasteiger partial charge is 0.244 e. The summed E-state index contributed by atoms with van der Waals surface area (Å²) in [5.41, 5.74) is 2.79. The summed E-state index contributed by atoms with van der Waals surface area (Å²) in [6.07, 6.45) is 2.06. The van der Waals surface area contributed by atoms with Gasteiger partial charge in [-0.25, -0.2) is 8.42 Å². The molecule has 7 nitrogen and oxygen atoms in total. The number of carbonyl (C=O) groups is 2. The van der Waals surface area contributed by atoms with E-state index in [-0.39, 0.29) is 18.9 Å². The molecule has 0 saturated heterocycles. The highest BCUT2D eigenvalue weighted by Gasteiger charge is 2.33. The van der Waals surface area contributed by atoms with Gasteiger partial charge in [-0.1, -0.05) is 76.9 Å². The van der Waals surface area contributed by atoms with Crippen molar-refractivity contribution in [3.63, 3.8) is 0 Å². The first-order valence-corrected chi connectivity index (χ1v) is 15.6. The van der Waals surface area contributed by atoms with E-state index in [2.05, 4.69) is 21.2 Å². The van der Waals surface area contributed by atoms with Gasteiger partial charge in [-0.3, -0.25) is 13.9 Å². The third kappa shape index (κ3) is 8.81. The average Bonchev–Trinajstić information content (AvgIpc) is 2.89. The molecule has 0 radical (unpaired) electrons. The molecular weight excluding hydrogens is 602 g/mol. The van der Waals surface area contributed by atoms with Crippen LogP contribution in [0.1, 0.15) is 30.0 Å². The number of rotatable bonds is 12. The molecular formula is C29H33BrClN3O4S. The number of hydrogen-bond acceptors (Lipinski definition) is 4. The van der Waals surface area contributed by atoms with Crippen molar-refractivity contribution in [1.29, 1.82) is 0 Å². The van der Waals surface area contributed by atoms with Gasteiger partial charge in [-0.2, -0.15) is 0 Å². The van der Waals surface area contributed by atoms with Gasteiger partial charge >= 0.3 is 0 Å². The number of nitrogens with zero attached hydrogens (tertiary/aromatic N) is 2. The number of benzene rings is 3. The second-order valence-corrected chi connectivity index (χ2v) is 12.5. The standard InChI is InChI=1S/C29H33BrClN3O4S/c1-4-15-32-29(36)27(18-22-9-6-5-7-10-22)33(19-23-11-8-12-24(31)17-23)28(35)20-34(39(3,37)38)25-13-14-26(30)21(2)16-25/h5-14,16-17,27H,4,15,18-20H2,1-3H3,(H,32,36)/t27-/m1/s1. The first-order valence-electron chi connectivity index (χ1n) is 12.6. The third-order valence-electron chi connectivity index (χ3n) is 6.17. The SMILES string of the molecule is CCCNC(=O)[C@@H](Cc1ccccc1)N(Cc1cccc(Cl)c1)C(=O)CN(c1ccc(Br)c(C)c1)S(C)(=O)=O. The molecule has 0 bridgehead atoms. The zero-order valence-corrected chi connectivity index (χ0v) is 25.4. The van der Waals surface area contributed by atoms with Crippen molar-refractivity contribution in [2.24, 2.45) is 0 Å². The highest BCUT2D eigenvalue weighted by atomic mass is 79.9. The first kappa shape index (κ1) is 30.7. The first-order chi connectivity index (χ1) is 18.5. The summed E-state index contributed by atoms with van der Waals surface area (Å²) in [5, 5.41) is 3.42. The van der Waals surface area contributed by atoms with Gasteiger partial charge in [0.1, 0.15) is 12.6 Å². The lowest BCUT2D eigenvalue weighted by atomic mass is 10.0. The van der Waals surface area contributed by atoms with Crippen LogP contribution in [-0.2, 0) is 32.6 Å². The molecule has 0 saturated carbocycles. The van der Waals surface area contributed by atoms with Crippen molar-refractivity contribution < 1.29 is 18.0 Å². The zero-order chi connectivity index (χ0) is 28.6. The van der Waals surface area contributed by atoms with Crippen LogP contribution in [-0.4, -0.2) is 50.5 Å². The maximum Gasteiger partial charge on any atom is 0.244 e. The molecule has 3 aromatic carbocycles. The fourth-order valence-corrected chi connectivity index (χ4v) is 5.45. The molecule has 0 aliphatic heterocycles.